The normalized spacial score (nSPS) is 21.0. The number of sulfonamides is 1. The van der Waals surface area contributed by atoms with Gasteiger partial charge in [-0.1, -0.05) is 6.07 Å². The van der Waals surface area contributed by atoms with Crippen molar-refractivity contribution in [2.75, 3.05) is 0 Å². The van der Waals surface area contributed by atoms with Crippen molar-refractivity contribution in [1.82, 2.24) is 18.8 Å². The van der Waals surface area contributed by atoms with Crippen LogP contribution in [0.4, 0.5) is 0 Å². The minimum absolute atomic E-state index is 0.0892. The molecule has 2 aliphatic rings. The standard InChI is InChI=1S/C17H22N4O2S/c1-13-4-2-6-16-19-17(12-20(13)16)24(22,23)21(15-7-8-15)11-14-5-3-9-18-10-14/h3,5,9-10,12-13,15H,2,4,6-8,11H2,1H3. The lowest BCUT2D eigenvalue weighted by atomic mass is 10.1. The summed E-state index contributed by atoms with van der Waals surface area (Å²) in [7, 11) is -3.58. The van der Waals surface area contributed by atoms with Crippen molar-refractivity contribution in [1.29, 1.82) is 0 Å². The second kappa shape index (κ2) is 5.97. The predicted molar refractivity (Wildman–Crippen MR) is 89.9 cm³/mol. The van der Waals surface area contributed by atoms with Crippen molar-refractivity contribution in [2.45, 2.75) is 62.7 Å². The Morgan fingerprint density at radius 2 is 2.17 bits per heavy atom. The molecule has 0 saturated heterocycles. The summed E-state index contributed by atoms with van der Waals surface area (Å²) in [5.74, 6) is 0.893. The molecule has 6 nitrogen and oxygen atoms in total. The molecule has 1 atom stereocenters. The SMILES string of the molecule is CC1CCCc2nc(S(=O)(=O)N(Cc3cccnc3)C3CC3)cn21. The lowest BCUT2D eigenvalue weighted by molar-refractivity contribution is 0.396. The van der Waals surface area contributed by atoms with Crippen molar-refractivity contribution < 1.29 is 8.42 Å². The maximum atomic E-state index is 13.2. The van der Waals surface area contributed by atoms with Crippen molar-refractivity contribution in [3.8, 4) is 0 Å². The molecule has 0 amide bonds. The van der Waals surface area contributed by atoms with Crippen LogP contribution in [-0.4, -0.2) is 33.3 Å². The van der Waals surface area contributed by atoms with E-state index in [1.165, 1.54) is 0 Å². The lowest BCUT2D eigenvalue weighted by Crippen LogP contribution is -2.33. The Hall–Kier alpha value is -1.73. The molecular weight excluding hydrogens is 324 g/mol. The molecule has 0 N–H and O–H groups in total. The Balaban J connectivity index is 1.67. The van der Waals surface area contributed by atoms with Gasteiger partial charge in [-0.2, -0.15) is 4.31 Å². The van der Waals surface area contributed by atoms with Gasteiger partial charge < -0.3 is 4.57 Å². The van der Waals surface area contributed by atoms with Crippen LogP contribution < -0.4 is 0 Å². The number of pyridine rings is 1. The van der Waals surface area contributed by atoms with Crippen molar-refractivity contribution >= 4 is 10.0 Å². The van der Waals surface area contributed by atoms with Crippen molar-refractivity contribution in [2.24, 2.45) is 0 Å². The molecule has 2 aromatic rings. The van der Waals surface area contributed by atoms with Gasteiger partial charge in [-0.3, -0.25) is 4.98 Å². The molecule has 0 bridgehead atoms. The average Bonchev–Trinajstić information content (AvgIpc) is 3.31. The van der Waals surface area contributed by atoms with Gasteiger partial charge in [0.05, 0.1) is 0 Å². The fourth-order valence-electron chi connectivity index (χ4n) is 3.36. The Morgan fingerprint density at radius 1 is 1.33 bits per heavy atom. The number of hydrogen-bond donors (Lipinski definition) is 0. The zero-order valence-electron chi connectivity index (χ0n) is 13.8. The fraction of sp³-hybridized carbons (Fsp3) is 0.529. The van der Waals surface area contributed by atoms with E-state index in [4.69, 9.17) is 0 Å². The van der Waals surface area contributed by atoms with Crippen LogP contribution in [0.3, 0.4) is 0 Å². The number of aryl methyl sites for hydroxylation is 1. The van der Waals surface area contributed by atoms with Crippen LogP contribution >= 0.6 is 0 Å². The minimum Gasteiger partial charge on any atom is -0.331 e. The van der Waals surface area contributed by atoms with Gasteiger partial charge in [-0.15, -0.1) is 0 Å². The first-order valence-corrected chi connectivity index (χ1v) is 9.98. The van der Waals surface area contributed by atoms with Gasteiger partial charge in [-0.05, 0) is 44.2 Å². The van der Waals surface area contributed by atoms with Gasteiger partial charge in [0.15, 0.2) is 5.03 Å². The molecule has 24 heavy (non-hydrogen) atoms. The summed E-state index contributed by atoms with van der Waals surface area (Å²) in [6.07, 6.45) is 9.99. The molecular formula is C17H22N4O2S. The second-order valence-corrected chi connectivity index (χ2v) is 8.62. The van der Waals surface area contributed by atoms with E-state index < -0.39 is 10.0 Å². The molecule has 0 radical (unpaired) electrons. The largest absolute Gasteiger partial charge is 0.331 e. The van der Waals surface area contributed by atoms with E-state index in [0.717, 1.165) is 43.5 Å². The number of fused-ring (bicyclic) bond motifs is 1. The van der Waals surface area contributed by atoms with Crippen LogP contribution in [0.2, 0.25) is 0 Å². The van der Waals surface area contributed by atoms with E-state index in [9.17, 15) is 8.42 Å². The maximum absolute atomic E-state index is 13.2. The van der Waals surface area contributed by atoms with E-state index in [-0.39, 0.29) is 11.1 Å². The van der Waals surface area contributed by atoms with Gasteiger partial charge in [0.25, 0.3) is 10.0 Å². The molecule has 128 valence electrons. The zero-order valence-corrected chi connectivity index (χ0v) is 14.6. The molecule has 3 heterocycles. The number of aromatic nitrogens is 3. The number of rotatable bonds is 5. The van der Waals surface area contributed by atoms with E-state index >= 15 is 0 Å². The lowest BCUT2D eigenvalue weighted by Gasteiger charge is -2.21. The van der Waals surface area contributed by atoms with Gasteiger partial charge in [0.2, 0.25) is 0 Å². The highest BCUT2D eigenvalue weighted by atomic mass is 32.2. The van der Waals surface area contributed by atoms with E-state index in [0.29, 0.717) is 12.6 Å². The highest BCUT2D eigenvalue weighted by Gasteiger charge is 2.40. The van der Waals surface area contributed by atoms with Crippen LogP contribution in [0.15, 0.2) is 35.7 Å². The van der Waals surface area contributed by atoms with Crippen molar-refractivity contribution in [3.63, 3.8) is 0 Å². The first-order chi connectivity index (χ1) is 11.6. The topological polar surface area (TPSA) is 68.1 Å². The summed E-state index contributed by atoms with van der Waals surface area (Å²) in [5.41, 5.74) is 0.908. The predicted octanol–water partition coefficient (Wildman–Crippen LogP) is 2.53. The average molecular weight is 346 g/mol. The van der Waals surface area contributed by atoms with Crippen LogP contribution in [0.5, 0.6) is 0 Å². The van der Waals surface area contributed by atoms with Gasteiger partial charge in [-0.25, -0.2) is 13.4 Å². The molecule has 7 heteroatoms. The highest BCUT2D eigenvalue weighted by molar-refractivity contribution is 7.89. The molecule has 1 aliphatic heterocycles. The Bertz CT molecular complexity index is 828. The molecule has 0 spiro atoms. The summed E-state index contributed by atoms with van der Waals surface area (Å²) < 4.78 is 30.0. The monoisotopic (exact) mass is 346 g/mol. The molecule has 0 aromatic carbocycles. The summed E-state index contributed by atoms with van der Waals surface area (Å²) in [5, 5.41) is 0.196. The van der Waals surface area contributed by atoms with E-state index in [2.05, 4.69) is 16.9 Å². The van der Waals surface area contributed by atoms with E-state index in [1.54, 1.807) is 22.9 Å². The number of imidazole rings is 1. The van der Waals surface area contributed by atoms with Gasteiger partial charge in [0.1, 0.15) is 5.82 Å². The Labute approximate surface area is 142 Å². The quantitative estimate of drug-likeness (QED) is 0.834. The zero-order chi connectivity index (χ0) is 16.7. The number of nitrogens with zero attached hydrogens (tertiary/aromatic N) is 4. The van der Waals surface area contributed by atoms with E-state index in [1.807, 2.05) is 16.7 Å². The maximum Gasteiger partial charge on any atom is 0.262 e. The third kappa shape index (κ3) is 2.86. The first-order valence-electron chi connectivity index (χ1n) is 8.54. The summed E-state index contributed by atoms with van der Waals surface area (Å²) in [4.78, 5) is 8.56. The third-order valence-corrected chi connectivity index (χ3v) is 6.64. The molecule has 4 rings (SSSR count). The first kappa shape index (κ1) is 15.8. The fourth-order valence-corrected chi connectivity index (χ4v) is 4.99. The Kier molecular flexibility index (Phi) is 3.92. The Morgan fingerprint density at radius 3 is 2.83 bits per heavy atom. The van der Waals surface area contributed by atoms with Crippen LogP contribution in [0.25, 0.3) is 0 Å². The summed E-state index contributed by atoms with van der Waals surface area (Å²) in [6.45, 7) is 2.48. The molecule has 1 unspecified atom stereocenters. The van der Waals surface area contributed by atoms with Gasteiger partial charge in [0, 0.05) is 43.6 Å². The number of hydrogen-bond acceptors (Lipinski definition) is 4. The van der Waals surface area contributed by atoms with Crippen LogP contribution in [0.1, 0.15) is 50.0 Å². The third-order valence-electron chi connectivity index (χ3n) is 4.87. The summed E-state index contributed by atoms with van der Waals surface area (Å²) in [6, 6.07) is 4.16. The van der Waals surface area contributed by atoms with Crippen LogP contribution in [-0.2, 0) is 23.0 Å². The summed E-state index contributed by atoms with van der Waals surface area (Å²) >= 11 is 0. The molecule has 2 aromatic heterocycles. The van der Waals surface area contributed by atoms with Crippen molar-refractivity contribution in [3.05, 3.63) is 42.1 Å². The van der Waals surface area contributed by atoms with Crippen LogP contribution in [0, 0.1) is 0 Å². The van der Waals surface area contributed by atoms with Gasteiger partial charge >= 0.3 is 0 Å². The molecule has 1 fully saturated rings. The molecule has 1 aliphatic carbocycles. The smallest absolute Gasteiger partial charge is 0.262 e. The highest BCUT2D eigenvalue weighted by Crippen LogP contribution is 2.34. The minimum atomic E-state index is -3.58. The second-order valence-electron chi connectivity index (χ2n) is 6.79. The molecule has 1 saturated carbocycles.